The highest BCUT2D eigenvalue weighted by Crippen LogP contribution is 2.11. The molecule has 1 aromatic carbocycles. The quantitative estimate of drug-likeness (QED) is 0.455. The zero-order chi connectivity index (χ0) is 9.14. The minimum Gasteiger partial charge on any atom is -0.309 e. The number of halogens is 2. The molecule has 4 heteroatoms. The summed E-state index contributed by atoms with van der Waals surface area (Å²) in [6.07, 6.45) is 0. The fourth-order valence-corrected chi connectivity index (χ4v) is 1.03. The highest BCUT2D eigenvalue weighted by atomic mass is 35.5. The predicted molar refractivity (Wildman–Crippen MR) is 49.6 cm³/mol. The van der Waals surface area contributed by atoms with Crippen LogP contribution in [0.1, 0.15) is 10.4 Å². The molecule has 0 spiro atoms. The number of hydrogen-bond acceptors (Lipinski definition) is 2. The number of nitrogens with two attached hydrogens (primary N) is 1. The maximum atomic E-state index is 11.2. The zero-order valence-corrected chi connectivity index (χ0v) is 7.64. The number of hydrogen-bond donors (Lipinski definition) is 1. The molecule has 64 valence electrons. The molecule has 0 aliphatic rings. The molecule has 0 saturated heterocycles. The Morgan fingerprint density at radius 1 is 1.33 bits per heavy atom. The van der Waals surface area contributed by atoms with Crippen molar-refractivity contribution in [1.82, 2.24) is 0 Å². The van der Waals surface area contributed by atoms with E-state index < -0.39 is 5.50 Å². The van der Waals surface area contributed by atoms with Gasteiger partial charge in [0.05, 0.1) is 0 Å². The minimum atomic E-state index is -0.980. The van der Waals surface area contributed by atoms with Gasteiger partial charge in [-0.15, -0.1) is 0 Å². The molecular formula is C8H7Cl2NO. The number of carbonyl (C=O) groups excluding carboxylic acids is 1. The van der Waals surface area contributed by atoms with E-state index in [9.17, 15) is 4.79 Å². The summed E-state index contributed by atoms with van der Waals surface area (Å²) in [6.45, 7) is 0. The summed E-state index contributed by atoms with van der Waals surface area (Å²) in [6, 6.07) is 6.42. The van der Waals surface area contributed by atoms with Crippen molar-refractivity contribution in [3.05, 3.63) is 34.9 Å². The van der Waals surface area contributed by atoms with E-state index in [2.05, 4.69) is 0 Å². The molecule has 0 aliphatic carbocycles. The second kappa shape index (κ2) is 3.90. The van der Waals surface area contributed by atoms with Gasteiger partial charge in [0, 0.05) is 10.6 Å². The van der Waals surface area contributed by atoms with Gasteiger partial charge in [-0.2, -0.15) is 0 Å². The highest BCUT2D eigenvalue weighted by Gasteiger charge is 2.11. The first-order chi connectivity index (χ1) is 5.61. The second-order valence-corrected chi connectivity index (χ2v) is 3.18. The summed E-state index contributed by atoms with van der Waals surface area (Å²) in [5.74, 6) is -0.298. The summed E-state index contributed by atoms with van der Waals surface area (Å²) in [5, 5.41) is 0.578. The second-order valence-electron chi connectivity index (χ2n) is 2.27. The van der Waals surface area contributed by atoms with Crippen LogP contribution in [0, 0.1) is 0 Å². The van der Waals surface area contributed by atoms with Crippen molar-refractivity contribution in [2.45, 2.75) is 5.50 Å². The molecule has 0 saturated carbocycles. The lowest BCUT2D eigenvalue weighted by molar-refractivity contribution is 0.0988. The van der Waals surface area contributed by atoms with Crippen molar-refractivity contribution < 1.29 is 4.79 Å². The van der Waals surface area contributed by atoms with E-state index in [-0.39, 0.29) is 5.78 Å². The fraction of sp³-hybridized carbons (Fsp3) is 0.125. The monoisotopic (exact) mass is 203 g/mol. The Kier molecular flexibility index (Phi) is 3.09. The third kappa shape index (κ3) is 2.21. The van der Waals surface area contributed by atoms with Crippen LogP contribution >= 0.6 is 23.2 Å². The van der Waals surface area contributed by atoms with Gasteiger partial charge in [0.15, 0.2) is 5.78 Å². The predicted octanol–water partition coefficient (Wildman–Crippen LogP) is 2.05. The van der Waals surface area contributed by atoms with Gasteiger partial charge >= 0.3 is 0 Å². The molecule has 1 unspecified atom stereocenters. The molecular weight excluding hydrogens is 197 g/mol. The molecule has 0 bridgehead atoms. The molecule has 0 fully saturated rings. The molecule has 0 aromatic heterocycles. The summed E-state index contributed by atoms with van der Waals surface area (Å²) < 4.78 is 0. The van der Waals surface area contributed by atoms with Crippen LogP contribution in [0.4, 0.5) is 0 Å². The first-order valence-corrected chi connectivity index (χ1v) is 4.12. The first kappa shape index (κ1) is 9.52. The number of benzene rings is 1. The largest absolute Gasteiger partial charge is 0.309 e. The van der Waals surface area contributed by atoms with Crippen LogP contribution in [0.15, 0.2) is 24.3 Å². The van der Waals surface area contributed by atoms with Gasteiger partial charge < -0.3 is 5.73 Å². The van der Waals surface area contributed by atoms with Gasteiger partial charge in [0.25, 0.3) is 0 Å². The van der Waals surface area contributed by atoms with Crippen LogP contribution in [-0.2, 0) is 0 Å². The number of alkyl halides is 1. The highest BCUT2D eigenvalue weighted by molar-refractivity contribution is 6.33. The summed E-state index contributed by atoms with van der Waals surface area (Å²) in [7, 11) is 0. The Morgan fingerprint density at radius 3 is 2.25 bits per heavy atom. The third-order valence-corrected chi connectivity index (χ3v) is 1.83. The van der Waals surface area contributed by atoms with Crippen LogP contribution in [0.3, 0.4) is 0 Å². The van der Waals surface area contributed by atoms with Crippen molar-refractivity contribution >= 4 is 29.0 Å². The van der Waals surface area contributed by atoms with Gasteiger partial charge in [-0.05, 0) is 24.3 Å². The molecule has 2 nitrogen and oxygen atoms in total. The number of carbonyl (C=O) groups is 1. The van der Waals surface area contributed by atoms with Crippen LogP contribution in [0.2, 0.25) is 5.02 Å². The Hall–Kier alpha value is -0.570. The van der Waals surface area contributed by atoms with E-state index >= 15 is 0 Å². The Labute approximate surface area is 80.3 Å². The number of ketones is 1. The first-order valence-electron chi connectivity index (χ1n) is 3.30. The van der Waals surface area contributed by atoms with Crippen molar-refractivity contribution in [3.63, 3.8) is 0 Å². The lowest BCUT2D eigenvalue weighted by Gasteiger charge is -2.01. The minimum absolute atomic E-state index is 0.298. The molecule has 0 heterocycles. The normalized spacial score (nSPS) is 12.6. The lowest BCUT2D eigenvalue weighted by Crippen LogP contribution is -2.23. The lowest BCUT2D eigenvalue weighted by atomic mass is 10.1. The molecule has 1 atom stereocenters. The Balaban J connectivity index is 2.90. The third-order valence-electron chi connectivity index (χ3n) is 1.38. The van der Waals surface area contributed by atoms with E-state index in [0.29, 0.717) is 10.6 Å². The van der Waals surface area contributed by atoms with Gasteiger partial charge in [0.2, 0.25) is 0 Å². The average Bonchev–Trinajstić information content (AvgIpc) is 2.04. The van der Waals surface area contributed by atoms with E-state index in [0.717, 1.165) is 0 Å². The van der Waals surface area contributed by atoms with Gasteiger partial charge in [-0.3, -0.25) is 4.79 Å². The van der Waals surface area contributed by atoms with Gasteiger partial charge in [-0.1, -0.05) is 23.2 Å². The number of rotatable bonds is 2. The van der Waals surface area contributed by atoms with Crippen LogP contribution in [0.5, 0.6) is 0 Å². The molecule has 2 N–H and O–H groups in total. The van der Waals surface area contributed by atoms with Crippen molar-refractivity contribution in [2.75, 3.05) is 0 Å². The topological polar surface area (TPSA) is 43.1 Å². The number of Topliss-reactive ketones (excluding diaryl/α,β-unsaturated/α-hetero) is 1. The smallest absolute Gasteiger partial charge is 0.194 e. The molecule has 0 amide bonds. The molecule has 0 radical (unpaired) electrons. The van der Waals surface area contributed by atoms with Gasteiger partial charge in [-0.25, -0.2) is 0 Å². The summed E-state index contributed by atoms with van der Waals surface area (Å²) in [5.41, 5.74) is 4.68. The van der Waals surface area contributed by atoms with E-state index in [4.69, 9.17) is 28.9 Å². The average molecular weight is 204 g/mol. The van der Waals surface area contributed by atoms with E-state index in [1.54, 1.807) is 24.3 Å². The van der Waals surface area contributed by atoms with E-state index in [1.165, 1.54) is 0 Å². The van der Waals surface area contributed by atoms with Crippen LogP contribution in [-0.4, -0.2) is 11.3 Å². The zero-order valence-electron chi connectivity index (χ0n) is 6.13. The van der Waals surface area contributed by atoms with Crippen molar-refractivity contribution in [3.8, 4) is 0 Å². The Bertz CT molecular complexity index is 282. The SMILES string of the molecule is NC(Cl)C(=O)c1ccc(Cl)cc1. The fourth-order valence-electron chi connectivity index (χ4n) is 0.773. The molecule has 0 aliphatic heterocycles. The molecule has 1 aromatic rings. The maximum absolute atomic E-state index is 11.2. The Morgan fingerprint density at radius 2 is 1.83 bits per heavy atom. The molecule has 1 rings (SSSR count). The maximum Gasteiger partial charge on any atom is 0.194 e. The van der Waals surface area contributed by atoms with Crippen LogP contribution < -0.4 is 5.73 Å². The van der Waals surface area contributed by atoms with Crippen molar-refractivity contribution in [2.24, 2.45) is 5.73 Å². The van der Waals surface area contributed by atoms with Crippen LogP contribution in [0.25, 0.3) is 0 Å². The summed E-state index contributed by atoms with van der Waals surface area (Å²) >= 11 is 11.0. The van der Waals surface area contributed by atoms with Gasteiger partial charge in [0.1, 0.15) is 5.50 Å². The molecule has 12 heavy (non-hydrogen) atoms. The van der Waals surface area contributed by atoms with E-state index in [1.807, 2.05) is 0 Å². The summed E-state index contributed by atoms with van der Waals surface area (Å²) in [4.78, 5) is 11.2. The van der Waals surface area contributed by atoms with Crippen molar-refractivity contribution in [1.29, 1.82) is 0 Å². The standard InChI is InChI=1S/C8H7Cl2NO/c9-6-3-1-5(2-4-6)7(12)8(10)11/h1-4,8H,11H2.